The van der Waals surface area contributed by atoms with Crippen LogP contribution in [0.25, 0.3) is 0 Å². The van der Waals surface area contributed by atoms with Crippen LogP contribution in [0.15, 0.2) is 0 Å². The number of rotatable bonds is 4. The first kappa shape index (κ1) is 12.7. The van der Waals surface area contributed by atoms with E-state index in [1.807, 2.05) is 0 Å². The van der Waals surface area contributed by atoms with Crippen molar-refractivity contribution in [1.29, 1.82) is 0 Å². The number of aliphatic hydroxyl groups is 1. The van der Waals surface area contributed by atoms with Crippen molar-refractivity contribution in [1.82, 2.24) is 5.32 Å². The van der Waals surface area contributed by atoms with E-state index >= 15 is 0 Å². The van der Waals surface area contributed by atoms with Crippen molar-refractivity contribution < 1.29 is 23.0 Å². The van der Waals surface area contributed by atoms with Gasteiger partial charge in [-0.05, 0) is 18.8 Å². The molecular weight excluding hydrogens is 211 g/mol. The fraction of sp³-hybridized carbons (Fsp3) is 1.00. The molecule has 0 radical (unpaired) electrons. The molecule has 0 spiro atoms. The lowest BCUT2D eigenvalue weighted by atomic mass is 9.94. The van der Waals surface area contributed by atoms with Crippen molar-refractivity contribution in [2.24, 2.45) is 5.92 Å². The molecule has 90 valence electrons. The number of hydrogen-bond donors (Lipinski definition) is 2. The van der Waals surface area contributed by atoms with E-state index in [2.05, 4.69) is 5.32 Å². The Hall–Kier alpha value is -0.330. The Balaban J connectivity index is 2.34. The summed E-state index contributed by atoms with van der Waals surface area (Å²) >= 11 is 0. The zero-order chi connectivity index (χ0) is 11.3. The molecule has 1 saturated heterocycles. The molecule has 2 unspecified atom stereocenters. The number of hydrogen-bond acceptors (Lipinski definition) is 3. The van der Waals surface area contributed by atoms with Crippen molar-refractivity contribution in [2.45, 2.75) is 25.1 Å². The molecule has 0 aromatic heterocycles. The molecule has 0 saturated carbocycles. The molecule has 15 heavy (non-hydrogen) atoms. The van der Waals surface area contributed by atoms with Crippen LogP contribution in [-0.2, 0) is 4.74 Å². The van der Waals surface area contributed by atoms with Gasteiger partial charge in [-0.3, -0.25) is 0 Å². The zero-order valence-electron chi connectivity index (χ0n) is 8.39. The average molecular weight is 227 g/mol. The van der Waals surface area contributed by atoms with Crippen LogP contribution in [0.4, 0.5) is 13.2 Å². The Morgan fingerprint density at radius 3 is 2.67 bits per heavy atom. The van der Waals surface area contributed by atoms with Crippen LogP contribution in [-0.4, -0.2) is 43.7 Å². The number of alkyl halides is 3. The summed E-state index contributed by atoms with van der Waals surface area (Å²) in [5.74, 6) is -0.0221. The second kappa shape index (κ2) is 5.67. The van der Waals surface area contributed by atoms with Crippen LogP contribution >= 0.6 is 0 Å². The maximum absolute atomic E-state index is 11.9. The lowest BCUT2D eigenvalue weighted by Crippen LogP contribution is -2.46. The molecule has 6 heteroatoms. The van der Waals surface area contributed by atoms with Gasteiger partial charge in [0.2, 0.25) is 0 Å². The third-order valence-electron chi connectivity index (χ3n) is 2.53. The van der Waals surface area contributed by atoms with E-state index in [-0.39, 0.29) is 12.5 Å². The number of halogens is 3. The molecule has 1 heterocycles. The monoisotopic (exact) mass is 227 g/mol. The van der Waals surface area contributed by atoms with Crippen molar-refractivity contribution in [3.8, 4) is 0 Å². The predicted molar refractivity (Wildman–Crippen MR) is 48.5 cm³/mol. The molecule has 1 aliphatic rings. The summed E-state index contributed by atoms with van der Waals surface area (Å²) < 4.78 is 41.0. The molecule has 2 atom stereocenters. The van der Waals surface area contributed by atoms with Gasteiger partial charge in [-0.25, -0.2) is 0 Å². The second-order valence-electron chi connectivity index (χ2n) is 3.76. The smallest absolute Gasteiger partial charge is 0.395 e. The second-order valence-corrected chi connectivity index (χ2v) is 3.76. The highest BCUT2D eigenvalue weighted by Crippen LogP contribution is 2.19. The van der Waals surface area contributed by atoms with Crippen LogP contribution in [0.2, 0.25) is 0 Å². The molecule has 0 amide bonds. The summed E-state index contributed by atoms with van der Waals surface area (Å²) in [4.78, 5) is 0. The molecule has 3 nitrogen and oxygen atoms in total. The van der Waals surface area contributed by atoms with Crippen molar-refractivity contribution in [2.75, 3.05) is 26.4 Å². The van der Waals surface area contributed by atoms with Gasteiger partial charge in [-0.15, -0.1) is 0 Å². The van der Waals surface area contributed by atoms with Crippen LogP contribution < -0.4 is 5.32 Å². The summed E-state index contributed by atoms with van der Waals surface area (Å²) in [6.45, 7) is -0.261. The van der Waals surface area contributed by atoms with Gasteiger partial charge in [0.15, 0.2) is 0 Å². The number of nitrogens with one attached hydrogen (secondary N) is 1. The van der Waals surface area contributed by atoms with Gasteiger partial charge in [0.1, 0.15) is 0 Å². The van der Waals surface area contributed by atoms with Crippen LogP contribution in [0, 0.1) is 5.92 Å². The summed E-state index contributed by atoms with van der Waals surface area (Å²) in [5, 5.41) is 11.3. The minimum Gasteiger partial charge on any atom is -0.395 e. The molecule has 1 rings (SSSR count). The zero-order valence-corrected chi connectivity index (χ0v) is 8.39. The first-order chi connectivity index (χ1) is 7.03. The van der Waals surface area contributed by atoms with Gasteiger partial charge in [0, 0.05) is 12.6 Å². The van der Waals surface area contributed by atoms with Gasteiger partial charge in [-0.1, -0.05) is 0 Å². The summed E-state index contributed by atoms with van der Waals surface area (Å²) in [6.07, 6.45) is -2.59. The molecular formula is C9H16F3NO2. The maximum atomic E-state index is 11.9. The molecule has 1 aliphatic heterocycles. The summed E-state index contributed by atoms with van der Waals surface area (Å²) in [6, 6.07) is -0.521. The van der Waals surface area contributed by atoms with E-state index in [0.717, 1.165) is 12.8 Å². The third-order valence-corrected chi connectivity index (χ3v) is 2.53. The Bertz CT molecular complexity index is 181. The van der Waals surface area contributed by atoms with E-state index in [4.69, 9.17) is 9.84 Å². The molecule has 0 aromatic rings. The van der Waals surface area contributed by atoms with Gasteiger partial charge in [-0.2, -0.15) is 13.2 Å². The third kappa shape index (κ3) is 4.81. The molecule has 1 fully saturated rings. The number of ether oxygens (including phenoxy) is 1. The summed E-state index contributed by atoms with van der Waals surface area (Å²) in [7, 11) is 0. The fourth-order valence-corrected chi connectivity index (χ4v) is 1.71. The van der Waals surface area contributed by atoms with E-state index in [1.165, 1.54) is 0 Å². The van der Waals surface area contributed by atoms with Gasteiger partial charge in [0.05, 0.1) is 19.8 Å². The van der Waals surface area contributed by atoms with Crippen LogP contribution in [0.3, 0.4) is 0 Å². The lowest BCUT2D eigenvalue weighted by molar-refractivity contribution is -0.128. The predicted octanol–water partition coefficient (Wildman–Crippen LogP) is 0.926. The highest BCUT2D eigenvalue weighted by molar-refractivity contribution is 4.78. The molecule has 0 aliphatic carbocycles. The van der Waals surface area contributed by atoms with Gasteiger partial charge in [0.25, 0.3) is 0 Å². The summed E-state index contributed by atoms with van der Waals surface area (Å²) in [5.41, 5.74) is 0. The van der Waals surface area contributed by atoms with E-state index < -0.39 is 18.8 Å². The quantitative estimate of drug-likeness (QED) is 0.750. The molecule has 2 N–H and O–H groups in total. The normalized spacial score (nSPS) is 25.2. The fourth-order valence-electron chi connectivity index (χ4n) is 1.71. The Morgan fingerprint density at radius 2 is 2.20 bits per heavy atom. The topological polar surface area (TPSA) is 41.5 Å². The van der Waals surface area contributed by atoms with E-state index in [1.54, 1.807) is 0 Å². The standard InChI is InChI=1S/C9H16F3NO2/c10-9(11,12)6-13-8(4-14)7-2-1-3-15-5-7/h7-8,13-14H,1-6H2. The highest BCUT2D eigenvalue weighted by Gasteiger charge is 2.30. The largest absolute Gasteiger partial charge is 0.401 e. The van der Waals surface area contributed by atoms with E-state index in [9.17, 15) is 13.2 Å². The van der Waals surface area contributed by atoms with Crippen LogP contribution in [0.1, 0.15) is 12.8 Å². The van der Waals surface area contributed by atoms with Crippen LogP contribution in [0.5, 0.6) is 0 Å². The Morgan fingerprint density at radius 1 is 1.47 bits per heavy atom. The van der Waals surface area contributed by atoms with Crippen molar-refractivity contribution in [3.63, 3.8) is 0 Å². The van der Waals surface area contributed by atoms with Crippen molar-refractivity contribution in [3.05, 3.63) is 0 Å². The lowest BCUT2D eigenvalue weighted by Gasteiger charge is -2.30. The minimum atomic E-state index is -4.23. The number of aliphatic hydroxyl groups excluding tert-OH is 1. The average Bonchev–Trinajstić information content (AvgIpc) is 2.19. The molecule has 0 bridgehead atoms. The Kier molecular flexibility index (Phi) is 4.82. The first-order valence-corrected chi connectivity index (χ1v) is 5.01. The molecule has 0 aromatic carbocycles. The Labute approximate surface area is 86.6 Å². The van der Waals surface area contributed by atoms with Crippen molar-refractivity contribution >= 4 is 0 Å². The van der Waals surface area contributed by atoms with Gasteiger partial charge < -0.3 is 15.2 Å². The SMILES string of the molecule is OCC(NCC(F)(F)F)C1CCCOC1. The maximum Gasteiger partial charge on any atom is 0.401 e. The van der Waals surface area contributed by atoms with E-state index in [0.29, 0.717) is 13.2 Å². The highest BCUT2D eigenvalue weighted by atomic mass is 19.4. The first-order valence-electron chi connectivity index (χ1n) is 5.01. The minimum absolute atomic E-state index is 0.0221. The van der Waals surface area contributed by atoms with Gasteiger partial charge >= 0.3 is 6.18 Å².